The molecular formula is C19H25BClN3O9. The molecule has 0 aliphatic carbocycles. The van der Waals surface area contributed by atoms with Gasteiger partial charge in [0.25, 0.3) is 0 Å². The number of aliphatic carboxylic acids is 1. The van der Waals surface area contributed by atoms with Crippen LogP contribution in [0.3, 0.4) is 0 Å². The Morgan fingerprint density at radius 1 is 1.30 bits per heavy atom. The minimum Gasteiger partial charge on any atom is -0.535 e. The molecule has 1 saturated heterocycles. The molecule has 3 rings (SSSR count). The number of nitrogens with two attached hydrogens (primary N) is 1. The van der Waals surface area contributed by atoms with Crippen LogP contribution in [0.4, 0.5) is 0 Å². The third-order valence-corrected chi connectivity index (χ3v) is 5.24. The standard InChI is InChI=1S/C19H24BN3O9.ClH/c1-9(22-17(26)12(21)6-14(24)25)18(27)23-7-11(8-23)31-13-3-2-10-4-5-20(30)32-16(10)15(13)19(28)29;/h2-3,9,11-12,30H,4-8,21H2,1H3,(H,22,26)(H,24,25)(H,28,29);1H/t9-,12-;/m1./s1. The minimum absolute atomic E-state index is 0. The van der Waals surface area contributed by atoms with Gasteiger partial charge in [-0.1, -0.05) is 6.07 Å². The number of carbonyl (C=O) groups excluding carboxylic acids is 2. The number of nitrogens with one attached hydrogen (secondary N) is 1. The summed E-state index contributed by atoms with van der Waals surface area (Å²) in [6.45, 7) is 1.79. The zero-order valence-electron chi connectivity index (χ0n) is 17.7. The molecule has 2 aliphatic rings. The van der Waals surface area contributed by atoms with Gasteiger partial charge in [-0.25, -0.2) is 4.79 Å². The van der Waals surface area contributed by atoms with Crippen molar-refractivity contribution >= 4 is 43.3 Å². The zero-order valence-corrected chi connectivity index (χ0v) is 18.5. The molecule has 2 amide bonds. The number of carboxylic acids is 2. The summed E-state index contributed by atoms with van der Waals surface area (Å²) < 4.78 is 11.1. The molecule has 180 valence electrons. The molecule has 14 heteroatoms. The van der Waals surface area contributed by atoms with E-state index >= 15 is 0 Å². The first-order valence-electron chi connectivity index (χ1n) is 10.0. The highest BCUT2D eigenvalue weighted by atomic mass is 35.5. The molecule has 2 atom stereocenters. The van der Waals surface area contributed by atoms with Crippen molar-refractivity contribution in [1.29, 1.82) is 0 Å². The highest BCUT2D eigenvalue weighted by Crippen LogP contribution is 2.37. The molecule has 1 aromatic carbocycles. The van der Waals surface area contributed by atoms with E-state index in [4.69, 9.17) is 20.2 Å². The molecule has 2 heterocycles. The fourth-order valence-electron chi connectivity index (χ4n) is 3.52. The molecule has 0 spiro atoms. The van der Waals surface area contributed by atoms with Gasteiger partial charge >= 0.3 is 19.1 Å². The number of carbonyl (C=O) groups is 4. The number of halogens is 1. The maximum atomic E-state index is 12.5. The molecule has 12 nitrogen and oxygen atoms in total. The van der Waals surface area contributed by atoms with Crippen molar-refractivity contribution in [3.63, 3.8) is 0 Å². The lowest BCUT2D eigenvalue weighted by atomic mass is 9.78. The summed E-state index contributed by atoms with van der Waals surface area (Å²) in [5, 5.41) is 30.4. The highest BCUT2D eigenvalue weighted by molar-refractivity contribution is 6.44. The first-order chi connectivity index (χ1) is 15.1. The van der Waals surface area contributed by atoms with E-state index in [1.165, 1.54) is 17.9 Å². The van der Waals surface area contributed by atoms with Crippen LogP contribution in [0.25, 0.3) is 0 Å². The number of fused-ring (bicyclic) bond motifs is 1. The molecule has 0 unspecified atom stereocenters. The van der Waals surface area contributed by atoms with Crippen LogP contribution in [0.2, 0.25) is 6.32 Å². The summed E-state index contributed by atoms with van der Waals surface area (Å²) in [5.74, 6) is -3.48. The van der Waals surface area contributed by atoms with Crippen LogP contribution in [0.1, 0.15) is 29.3 Å². The van der Waals surface area contributed by atoms with Crippen molar-refractivity contribution in [3.05, 3.63) is 23.3 Å². The van der Waals surface area contributed by atoms with Gasteiger partial charge in [0.15, 0.2) is 0 Å². The minimum atomic E-state index is -1.27. The number of amides is 2. The summed E-state index contributed by atoms with van der Waals surface area (Å²) in [6.07, 6.45) is -0.190. The van der Waals surface area contributed by atoms with E-state index in [-0.39, 0.29) is 42.6 Å². The SMILES string of the molecule is C[C@@H](NC(=O)[C@H](N)CC(=O)O)C(=O)N1CC(Oc2ccc3c(c2C(=O)O)OB(O)CC3)C1.Cl. The number of aromatic carboxylic acids is 1. The number of benzene rings is 1. The third kappa shape index (κ3) is 6.06. The second kappa shape index (κ2) is 10.7. The Morgan fingerprint density at radius 3 is 2.58 bits per heavy atom. The number of carboxylic acid groups (broad SMARTS) is 2. The lowest BCUT2D eigenvalue weighted by molar-refractivity contribution is -0.144. The van der Waals surface area contributed by atoms with Gasteiger partial charge in [0.1, 0.15) is 29.2 Å². The van der Waals surface area contributed by atoms with Crippen LogP contribution >= 0.6 is 12.4 Å². The number of hydrogen-bond acceptors (Lipinski definition) is 8. The number of aryl methyl sites for hydroxylation is 1. The van der Waals surface area contributed by atoms with E-state index in [9.17, 15) is 29.3 Å². The average Bonchev–Trinajstić information content (AvgIpc) is 2.68. The van der Waals surface area contributed by atoms with E-state index in [2.05, 4.69) is 5.32 Å². The highest BCUT2D eigenvalue weighted by Gasteiger charge is 2.37. The van der Waals surface area contributed by atoms with Gasteiger partial charge in [-0.05, 0) is 31.3 Å². The normalized spacial score (nSPS) is 16.8. The molecule has 1 aromatic rings. The summed E-state index contributed by atoms with van der Waals surface area (Å²) in [7, 11) is -1.09. The number of rotatable bonds is 8. The van der Waals surface area contributed by atoms with Crippen molar-refractivity contribution in [2.45, 2.75) is 44.3 Å². The van der Waals surface area contributed by atoms with Gasteiger partial charge in [-0.3, -0.25) is 14.4 Å². The van der Waals surface area contributed by atoms with E-state index in [0.717, 1.165) is 0 Å². The molecule has 0 radical (unpaired) electrons. The Kier molecular flexibility index (Phi) is 8.53. The van der Waals surface area contributed by atoms with Gasteiger partial charge < -0.3 is 40.6 Å². The molecule has 0 saturated carbocycles. The van der Waals surface area contributed by atoms with E-state index in [1.807, 2.05) is 0 Å². The van der Waals surface area contributed by atoms with Gasteiger partial charge in [0.2, 0.25) is 11.8 Å². The predicted molar refractivity (Wildman–Crippen MR) is 117 cm³/mol. The monoisotopic (exact) mass is 485 g/mol. The molecule has 2 aliphatic heterocycles. The Bertz CT molecular complexity index is 941. The largest absolute Gasteiger partial charge is 0.535 e. The number of ether oxygens (including phenoxy) is 1. The Hall–Kier alpha value is -3.03. The molecule has 6 N–H and O–H groups in total. The lowest BCUT2D eigenvalue weighted by Crippen LogP contribution is -2.61. The van der Waals surface area contributed by atoms with Gasteiger partial charge in [0, 0.05) is 0 Å². The van der Waals surface area contributed by atoms with Crippen molar-refractivity contribution < 1.29 is 43.8 Å². The molecule has 33 heavy (non-hydrogen) atoms. The quantitative estimate of drug-likeness (QED) is 0.289. The fourth-order valence-corrected chi connectivity index (χ4v) is 3.52. The van der Waals surface area contributed by atoms with Crippen LogP contribution in [0.15, 0.2) is 12.1 Å². The van der Waals surface area contributed by atoms with E-state index in [1.54, 1.807) is 6.07 Å². The second-order valence-corrected chi connectivity index (χ2v) is 7.76. The summed E-state index contributed by atoms with van der Waals surface area (Å²) in [6, 6.07) is 1.02. The van der Waals surface area contributed by atoms with E-state index < -0.39 is 55.5 Å². The van der Waals surface area contributed by atoms with Crippen molar-refractivity contribution in [2.24, 2.45) is 5.73 Å². The van der Waals surface area contributed by atoms with Crippen LogP contribution in [-0.4, -0.2) is 82.3 Å². The fraction of sp³-hybridized carbons (Fsp3) is 0.474. The predicted octanol–water partition coefficient (Wildman–Crippen LogP) is -0.882. The van der Waals surface area contributed by atoms with Gasteiger partial charge in [0.05, 0.1) is 25.6 Å². The van der Waals surface area contributed by atoms with Gasteiger partial charge in [-0.2, -0.15) is 0 Å². The average molecular weight is 486 g/mol. The number of nitrogens with zero attached hydrogens (tertiary/aromatic N) is 1. The summed E-state index contributed by atoms with van der Waals surface area (Å²) in [5.41, 5.74) is 5.96. The first kappa shape index (κ1) is 26.2. The van der Waals surface area contributed by atoms with Crippen molar-refractivity contribution in [1.82, 2.24) is 10.2 Å². The number of likely N-dealkylation sites (tertiary alicyclic amines) is 1. The third-order valence-electron chi connectivity index (χ3n) is 5.24. The maximum absolute atomic E-state index is 12.5. The topological polar surface area (TPSA) is 189 Å². The van der Waals surface area contributed by atoms with Gasteiger partial charge in [-0.15, -0.1) is 12.4 Å². The zero-order chi connectivity index (χ0) is 23.6. The molecule has 0 bridgehead atoms. The molecular weight excluding hydrogens is 460 g/mol. The van der Waals surface area contributed by atoms with Crippen LogP contribution in [0.5, 0.6) is 11.5 Å². The summed E-state index contributed by atoms with van der Waals surface area (Å²) >= 11 is 0. The molecule has 0 aromatic heterocycles. The maximum Gasteiger partial charge on any atom is 0.522 e. The Balaban J connectivity index is 0.00000385. The lowest BCUT2D eigenvalue weighted by Gasteiger charge is -2.40. The van der Waals surface area contributed by atoms with Crippen LogP contribution in [0, 0.1) is 0 Å². The van der Waals surface area contributed by atoms with Crippen molar-refractivity contribution in [2.75, 3.05) is 13.1 Å². The first-order valence-corrected chi connectivity index (χ1v) is 10.0. The molecule has 1 fully saturated rings. The number of hydrogen-bond donors (Lipinski definition) is 5. The van der Waals surface area contributed by atoms with E-state index in [0.29, 0.717) is 18.3 Å². The van der Waals surface area contributed by atoms with Crippen molar-refractivity contribution in [3.8, 4) is 11.5 Å². The smallest absolute Gasteiger partial charge is 0.522 e. The van der Waals surface area contributed by atoms with Crippen LogP contribution in [-0.2, 0) is 20.8 Å². The second-order valence-electron chi connectivity index (χ2n) is 7.76. The van der Waals surface area contributed by atoms with Crippen LogP contribution < -0.4 is 20.4 Å². The summed E-state index contributed by atoms with van der Waals surface area (Å²) in [4.78, 5) is 48.2. The Morgan fingerprint density at radius 2 is 1.97 bits per heavy atom. The Labute approximate surface area is 195 Å².